The van der Waals surface area contributed by atoms with Crippen molar-refractivity contribution < 1.29 is 0 Å². The quantitative estimate of drug-likeness (QED) is 0.918. The first-order valence-electron chi connectivity index (χ1n) is 5.67. The minimum atomic E-state index is 0.0451. The van der Waals surface area contributed by atoms with E-state index in [1.165, 1.54) is 5.56 Å². The standard InChI is InChI=1S/C14H14BrClN2/c1-9-6-7-18-8-11(9)14(17-2)10-4-3-5-12(15)13(10)16/h3-8,14,17H,1-2H3. The minimum absolute atomic E-state index is 0.0451. The molecule has 0 saturated heterocycles. The fourth-order valence-corrected chi connectivity index (χ4v) is 2.62. The molecule has 1 atom stereocenters. The first kappa shape index (κ1) is 13.5. The van der Waals surface area contributed by atoms with Gasteiger partial charge in [0.15, 0.2) is 0 Å². The molecule has 18 heavy (non-hydrogen) atoms. The van der Waals surface area contributed by atoms with Gasteiger partial charge in [-0.05, 0) is 58.7 Å². The summed E-state index contributed by atoms with van der Waals surface area (Å²) in [6.45, 7) is 2.08. The Bertz CT molecular complexity index is 557. The van der Waals surface area contributed by atoms with E-state index < -0.39 is 0 Å². The van der Waals surface area contributed by atoms with Crippen molar-refractivity contribution in [2.75, 3.05) is 7.05 Å². The topological polar surface area (TPSA) is 24.9 Å². The fourth-order valence-electron chi connectivity index (χ4n) is 2.00. The Hall–Kier alpha value is -0.900. The molecule has 0 aliphatic carbocycles. The minimum Gasteiger partial charge on any atom is -0.309 e. The summed E-state index contributed by atoms with van der Waals surface area (Å²) in [6, 6.07) is 8.01. The van der Waals surface area contributed by atoms with Crippen molar-refractivity contribution in [3.8, 4) is 0 Å². The van der Waals surface area contributed by atoms with Crippen molar-refractivity contribution in [2.45, 2.75) is 13.0 Å². The number of hydrogen-bond donors (Lipinski definition) is 1. The van der Waals surface area contributed by atoms with Crippen LogP contribution >= 0.6 is 27.5 Å². The molecule has 0 fully saturated rings. The summed E-state index contributed by atoms with van der Waals surface area (Å²) in [4.78, 5) is 4.20. The van der Waals surface area contributed by atoms with Crippen LogP contribution in [-0.4, -0.2) is 12.0 Å². The van der Waals surface area contributed by atoms with Crippen molar-refractivity contribution >= 4 is 27.5 Å². The Balaban J connectivity index is 2.53. The first-order valence-corrected chi connectivity index (χ1v) is 6.84. The molecule has 1 aromatic carbocycles. The number of benzene rings is 1. The molecule has 0 radical (unpaired) electrons. The molecular weight excluding hydrogens is 312 g/mol. The van der Waals surface area contributed by atoms with Crippen LogP contribution in [0.25, 0.3) is 0 Å². The van der Waals surface area contributed by atoms with Crippen LogP contribution in [0.15, 0.2) is 41.1 Å². The molecule has 1 heterocycles. The van der Waals surface area contributed by atoms with E-state index in [4.69, 9.17) is 11.6 Å². The van der Waals surface area contributed by atoms with Crippen molar-refractivity contribution in [2.24, 2.45) is 0 Å². The van der Waals surface area contributed by atoms with Crippen molar-refractivity contribution in [1.29, 1.82) is 0 Å². The van der Waals surface area contributed by atoms with Gasteiger partial charge in [-0.1, -0.05) is 23.7 Å². The summed E-state index contributed by atoms with van der Waals surface area (Å²) >= 11 is 9.82. The number of hydrogen-bond acceptors (Lipinski definition) is 2. The van der Waals surface area contributed by atoms with Gasteiger partial charge in [-0.15, -0.1) is 0 Å². The number of aryl methyl sites for hydroxylation is 1. The van der Waals surface area contributed by atoms with Gasteiger partial charge in [0, 0.05) is 16.9 Å². The molecule has 0 spiro atoms. The molecule has 1 aromatic heterocycles. The highest BCUT2D eigenvalue weighted by Gasteiger charge is 2.18. The highest BCUT2D eigenvalue weighted by Crippen LogP contribution is 2.33. The number of aromatic nitrogens is 1. The second-order valence-corrected chi connectivity index (χ2v) is 5.33. The third kappa shape index (κ3) is 2.58. The Labute approximate surface area is 121 Å². The second-order valence-electron chi connectivity index (χ2n) is 4.10. The van der Waals surface area contributed by atoms with Crippen molar-refractivity contribution in [3.63, 3.8) is 0 Å². The van der Waals surface area contributed by atoms with Gasteiger partial charge in [0.25, 0.3) is 0 Å². The normalized spacial score (nSPS) is 12.4. The van der Waals surface area contributed by atoms with E-state index in [0.717, 1.165) is 20.6 Å². The van der Waals surface area contributed by atoms with Crippen LogP contribution < -0.4 is 5.32 Å². The van der Waals surface area contributed by atoms with Gasteiger partial charge in [-0.25, -0.2) is 0 Å². The Morgan fingerprint density at radius 3 is 2.72 bits per heavy atom. The maximum atomic E-state index is 6.36. The van der Waals surface area contributed by atoms with Crippen LogP contribution in [0.1, 0.15) is 22.7 Å². The molecule has 0 amide bonds. The highest BCUT2D eigenvalue weighted by atomic mass is 79.9. The summed E-state index contributed by atoms with van der Waals surface area (Å²) in [5.74, 6) is 0. The summed E-state index contributed by atoms with van der Waals surface area (Å²) in [7, 11) is 1.92. The van der Waals surface area contributed by atoms with Crippen LogP contribution in [0.4, 0.5) is 0 Å². The van der Waals surface area contributed by atoms with E-state index in [1.54, 1.807) is 6.20 Å². The van der Waals surface area contributed by atoms with Gasteiger partial charge in [-0.2, -0.15) is 0 Å². The predicted octanol–water partition coefficient (Wildman–Crippen LogP) is 4.11. The van der Waals surface area contributed by atoms with E-state index in [0.29, 0.717) is 0 Å². The van der Waals surface area contributed by atoms with Gasteiger partial charge in [0.05, 0.1) is 11.1 Å². The van der Waals surface area contributed by atoms with E-state index in [2.05, 4.69) is 33.2 Å². The van der Waals surface area contributed by atoms with Gasteiger partial charge in [0.1, 0.15) is 0 Å². The zero-order chi connectivity index (χ0) is 13.1. The summed E-state index contributed by atoms with van der Waals surface area (Å²) in [5, 5.41) is 4.03. The third-order valence-electron chi connectivity index (χ3n) is 2.97. The molecule has 1 unspecified atom stereocenters. The predicted molar refractivity (Wildman–Crippen MR) is 79.0 cm³/mol. The number of halogens is 2. The molecule has 94 valence electrons. The average molecular weight is 326 g/mol. The number of nitrogens with one attached hydrogen (secondary N) is 1. The Morgan fingerprint density at radius 2 is 2.06 bits per heavy atom. The van der Waals surface area contributed by atoms with Crippen molar-refractivity contribution in [1.82, 2.24) is 10.3 Å². The lowest BCUT2D eigenvalue weighted by Crippen LogP contribution is -2.19. The van der Waals surface area contributed by atoms with Gasteiger partial charge in [0.2, 0.25) is 0 Å². The van der Waals surface area contributed by atoms with E-state index in [9.17, 15) is 0 Å². The largest absolute Gasteiger partial charge is 0.309 e. The van der Waals surface area contributed by atoms with Crippen LogP contribution in [0.5, 0.6) is 0 Å². The maximum absolute atomic E-state index is 6.36. The van der Waals surface area contributed by atoms with Gasteiger partial charge >= 0.3 is 0 Å². The number of pyridine rings is 1. The van der Waals surface area contributed by atoms with Crippen LogP contribution in [0.3, 0.4) is 0 Å². The molecule has 2 nitrogen and oxygen atoms in total. The molecule has 2 aromatic rings. The lowest BCUT2D eigenvalue weighted by molar-refractivity contribution is 0.684. The molecule has 4 heteroatoms. The first-order chi connectivity index (χ1) is 8.65. The Kier molecular flexibility index (Phi) is 4.38. The monoisotopic (exact) mass is 324 g/mol. The molecule has 0 bridgehead atoms. The van der Waals surface area contributed by atoms with Crippen LogP contribution in [0.2, 0.25) is 5.02 Å². The third-order valence-corrected chi connectivity index (χ3v) is 4.28. The van der Waals surface area contributed by atoms with E-state index in [1.807, 2.05) is 37.5 Å². The summed E-state index contributed by atoms with van der Waals surface area (Å²) in [6.07, 6.45) is 3.68. The SMILES string of the molecule is CNC(c1cnccc1C)c1cccc(Br)c1Cl. The highest BCUT2D eigenvalue weighted by molar-refractivity contribution is 9.10. The van der Waals surface area contributed by atoms with Crippen LogP contribution in [-0.2, 0) is 0 Å². The number of nitrogens with zero attached hydrogens (tertiary/aromatic N) is 1. The Morgan fingerprint density at radius 1 is 1.28 bits per heavy atom. The lowest BCUT2D eigenvalue weighted by atomic mass is 9.97. The van der Waals surface area contributed by atoms with Gasteiger partial charge in [-0.3, -0.25) is 4.98 Å². The second kappa shape index (κ2) is 5.83. The average Bonchev–Trinajstić information content (AvgIpc) is 2.37. The maximum Gasteiger partial charge on any atom is 0.0607 e. The van der Waals surface area contributed by atoms with Crippen LogP contribution in [0, 0.1) is 6.92 Å². The zero-order valence-corrected chi connectivity index (χ0v) is 12.6. The summed E-state index contributed by atoms with van der Waals surface area (Å²) < 4.78 is 0.906. The summed E-state index contributed by atoms with van der Waals surface area (Å²) in [5.41, 5.74) is 3.38. The fraction of sp³-hybridized carbons (Fsp3) is 0.214. The van der Waals surface area contributed by atoms with E-state index in [-0.39, 0.29) is 6.04 Å². The molecule has 2 rings (SSSR count). The molecule has 0 saturated carbocycles. The van der Waals surface area contributed by atoms with Gasteiger partial charge < -0.3 is 5.32 Å². The lowest BCUT2D eigenvalue weighted by Gasteiger charge is -2.20. The van der Waals surface area contributed by atoms with E-state index >= 15 is 0 Å². The number of rotatable bonds is 3. The zero-order valence-electron chi connectivity index (χ0n) is 10.2. The smallest absolute Gasteiger partial charge is 0.0607 e. The molecule has 0 aliphatic rings. The van der Waals surface area contributed by atoms with Crippen molar-refractivity contribution in [3.05, 3.63) is 62.8 Å². The molecule has 0 aliphatic heterocycles. The molecular formula is C14H14BrClN2. The molecule has 1 N–H and O–H groups in total.